The number of alkyl halides is 1. The van der Waals surface area contributed by atoms with Gasteiger partial charge in [0.15, 0.2) is 0 Å². The van der Waals surface area contributed by atoms with E-state index >= 15 is 0 Å². The first-order valence-corrected chi connectivity index (χ1v) is 3.05. The van der Waals surface area contributed by atoms with Gasteiger partial charge >= 0.3 is 0 Å². The minimum absolute atomic E-state index is 0.478. The van der Waals surface area contributed by atoms with Crippen molar-refractivity contribution in [1.82, 2.24) is 0 Å². The van der Waals surface area contributed by atoms with Crippen LogP contribution in [0.25, 0.3) is 0 Å². The average molecular weight is 131 g/mol. The predicted octanol–water partition coefficient (Wildman–Crippen LogP) is 1.64. The summed E-state index contributed by atoms with van der Waals surface area (Å²) in [6.07, 6.45) is 0.573. The standard InChI is InChI=1S/C7H14FN/c1-6(4-5-9)7(2,3)8/h1,4-5,9H2,2-3H3. The minimum Gasteiger partial charge on any atom is -0.330 e. The van der Waals surface area contributed by atoms with Crippen LogP contribution >= 0.6 is 0 Å². The lowest BCUT2D eigenvalue weighted by atomic mass is 9.99. The highest BCUT2D eigenvalue weighted by molar-refractivity contribution is 5.08. The van der Waals surface area contributed by atoms with Gasteiger partial charge in [0.1, 0.15) is 5.67 Å². The SMILES string of the molecule is C=C(CCN)C(C)(C)F. The second kappa shape index (κ2) is 2.97. The average Bonchev–Trinajstić information content (AvgIpc) is 1.64. The van der Waals surface area contributed by atoms with E-state index in [-0.39, 0.29) is 0 Å². The molecule has 0 unspecified atom stereocenters. The van der Waals surface area contributed by atoms with Crippen molar-refractivity contribution in [3.63, 3.8) is 0 Å². The summed E-state index contributed by atoms with van der Waals surface area (Å²) in [6, 6.07) is 0. The molecule has 0 aliphatic carbocycles. The van der Waals surface area contributed by atoms with Gasteiger partial charge in [0.25, 0.3) is 0 Å². The van der Waals surface area contributed by atoms with Crippen LogP contribution in [-0.2, 0) is 0 Å². The maximum absolute atomic E-state index is 12.8. The molecule has 0 atom stereocenters. The maximum Gasteiger partial charge on any atom is 0.126 e. The second-order valence-electron chi connectivity index (χ2n) is 2.61. The third kappa shape index (κ3) is 3.25. The molecule has 0 rings (SSSR count). The molecular formula is C7H14FN. The molecule has 0 aromatic carbocycles. The fourth-order valence-corrected chi connectivity index (χ4v) is 0.471. The Balaban J connectivity index is 3.74. The van der Waals surface area contributed by atoms with Crippen molar-refractivity contribution < 1.29 is 4.39 Å². The molecule has 9 heavy (non-hydrogen) atoms. The van der Waals surface area contributed by atoms with Crippen LogP contribution in [0.5, 0.6) is 0 Å². The molecule has 1 nitrogen and oxygen atoms in total. The van der Waals surface area contributed by atoms with Gasteiger partial charge in [-0.2, -0.15) is 0 Å². The molecule has 0 saturated heterocycles. The fraction of sp³-hybridized carbons (Fsp3) is 0.714. The summed E-state index contributed by atoms with van der Waals surface area (Å²) < 4.78 is 12.8. The minimum atomic E-state index is -1.26. The van der Waals surface area contributed by atoms with E-state index < -0.39 is 5.67 Å². The molecular weight excluding hydrogens is 117 g/mol. The molecule has 0 aromatic heterocycles. The Bertz CT molecular complexity index is 102. The third-order valence-electron chi connectivity index (χ3n) is 1.29. The second-order valence-corrected chi connectivity index (χ2v) is 2.61. The summed E-state index contributed by atoms with van der Waals surface area (Å²) in [5.41, 5.74) is 4.51. The van der Waals surface area contributed by atoms with Crippen LogP contribution in [0, 0.1) is 0 Å². The Labute approximate surface area is 55.7 Å². The van der Waals surface area contributed by atoms with Gasteiger partial charge in [0, 0.05) is 0 Å². The molecule has 0 bridgehead atoms. The van der Waals surface area contributed by atoms with Crippen LogP contribution in [0.15, 0.2) is 12.2 Å². The van der Waals surface area contributed by atoms with Crippen molar-refractivity contribution in [1.29, 1.82) is 0 Å². The van der Waals surface area contributed by atoms with Crippen molar-refractivity contribution in [2.45, 2.75) is 25.9 Å². The van der Waals surface area contributed by atoms with Gasteiger partial charge in [-0.15, -0.1) is 0 Å². The highest BCUT2D eigenvalue weighted by atomic mass is 19.1. The van der Waals surface area contributed by atoms with E-state index in [2.05, 4.69) is 6.58 Å². The van der Waals surface area contributed by atoms with Crippen LogP contribution < -0.4 is 5.73 Å². The van der Waals surface area contributed by atoms with Crippen molar-refractivity contribution in [2.75, 3.05) is 6.54 Å². The zero-order chi connectivity index (χ0) is 7.49. The van der Waals surface area contributed by atoms with E-state index in [9.17, 15) is 4.39 Å². The van der Waals surface area contributed by atoms with Gasteiger partial charge in [0.2, 0.25) is 0 Å². The molecule has 0 saturated carbocycles. The van der Waals surface area contributed by atoms with Gasteiger partial charge in [-0.25, -0.2) is 4.39 Å². The lowest BCUT2D eigenvalue weighted by molar-refractivity contribution is 0.263. The highest BCUT2D eigenvalue weighted by Crippen LogP contribution is 2.20. The van der Waals surface area contributed by atoms with Gasteiger partial charge in [-0.3, -0.25) is 0 Å². The number of nitrogens with two attached hydrogens (primary N) is 1. The Kier molecular flexibility index (Phi) is 2.85. The molecule has 0 heterocycles. The number of hydrogen-bond donors (Lipinski definition) is 1. The summed E-state index contributed by atoms with van der Waals surface area (Å²) in [7, 11) is 0. The van der Waals surface area contributed by atoms with E-state index in [0.29, 0.717) is 18.5 Å². The maximum atomic E-state index is 12.8. The highest BCUT2D eigenvalue weighted by Gasteiger charge is 2.18. The van der Waals surface area contributed by atoms with Crippen LogP contribution in [0.2, 0.25) is 0 Å². The van der Waals surface area contributed by atoms with E-state index in [1.807, 2.05) is 0 Å². The van der Waals surface area contributed by atoms with Crippen molar-refractivity contribution in [2.24, 2.45) is 5.73 Å². The van der Waals surface area contributed by atoms with Gasteiger partial charge in [0.05, 0.1) is 0 Å². The topological polar surface area (TPSA) is 26.0 Å². The molecule has 0 radical (unpaired) electrons. The van der Waals surface area contributed by atoms with Crippen LogP contribution in [0.1, 0.15) is 20.3 Å². The fourth-order valence-electron chi connectivity index (χ4n) is 0.471. The Morgan fingerprint density at radius 2 is 2.11 bits per heavy atom. The number of hydrogen-bond acceptors (Lipinski definition) is 1. The third-order valence-corrected chi connectivity index (χ3v) is 1.29. The quantitative estimate of drug-likeness (QED) is 0.579. The summed E-state index contributed by atoms with van der Waals surface area (Å²) in [5, 5.41) is 0. The van der Waals surface area contributed by atoms with Gasteiger partial charge in [-0.05, 0) is 32.4 Å². The van der Waals surface area contributed by atoms with Gasteiger partial charge in [-0.1, -0.05) is 6.58 Å². The van der Waals surface area contributed by atoms with E-state index in [4.69, 9.17) is 5.73 Å². The molecule has 54 valence electrons. The zero-order valence-electron chi connectivity index (χ0n) is 6.08. The van der Waals surface area contributed by atoms with Crippen LogP contribution in [0.3, 0.4) is 0 Å². The molecule has 0 spiro atoms. The number of rotatable bonds is 3. The predicted molar refractivity (Wildman–Crippen MR) is 38.0 cm³/mol. The summed E-state index contributed by atoms with van der Waals surface area (Å²) in [6.45, 7) is 7.02. The monoisotopic (exact) mass is 131 g/mol. The molecule has 0 fully saturated rings. The summed E-state index contributed by atoms with van der Waals surface area (Å²) in [4.78, 5) is 0. The van der Waals surface area contributed by atoms with Crippen LogP contribution in [0.4, 0.5) is 4.39 Å². The molecule has 0 aromatic rings. The lowest BCUT2D eigenvalue weighted by Gasteiger charge is -2.16. The smallest absolute Gasteiger partial charge is 0.126 e. The molecule has 2 N–H and O–H groups in total. The summed E-state index contributed by atoms with van der Waals surface area (Å²) in [5.74, 6) is 0. The first-order chi connectivity index (χ1) is 3.98. The molecule has 0 amide bonds. The van der Waals surface area contributed by atoms with Gasteiger partial charge < -0.3 is 5.73 Å². The first-order valence-electron chi connectivity index (χ1n) is 3.05. The lowest BCUT2D eigenvalue weighted by Crippen LogP contribution is -2.17. The molecule has 0 aliphatic rings. The molecule has 0 aliphatic heterocycles. The van der Waals surface area contributed by atoms with E-state index in [1.165, 1.54) is 13.8 Å². The van der Waals surface area contributed by atoms with Crippen molar-refractivity contribution >= 4 is 0 Å². The first kappa shape index (κ1) is 8.63. The Morgan fingerprint density at radius 3 is 2.22 bits per heavy atom. The van der Waals surface area contributed by atoms with E-state index in [0.717, 1.165) is 0 Å². The summed E-state index contributed by atoms with van der Waals surface area (Å²) >= 11 is 0. The normalized spacial score (nSPS) is 11.6. The Hall–Kier alpha value is -0.370. The molecule has 2 heteroatoms. The van der Waals surface area contributed by atoms with Crippen molar-refractivity contribution in [3.8, 4) is 0 Å². The number of halogens is 1. The largest absolute Gasteiger partial charge is 0.330 e. The van der Waals surface area contributed by atoms with Crippen molar-refractivity contribution in [3.05, 3.63) is 12.2 Å². The van der Waals surface area contributed by atoms with Crippen LogP contribution in [-0.4, -0.2) is 12.2 Å². The zero-order valence-corrected chi connectivity index (χ0v) is 6.08. The van der Waals surface area contributed by atoms with E-state index in [1.54, 1.807) is 0 Å². The Morgan fingerprint density at radius 1 is 1.67 bits per heavy atom.